The normalized spacial score (nSPS) is 25.7. The number of thiazole rings is 1. The van der Waals surface area contributed by atoms with Gasteiger partial charge in [-0.25, -0.2) is 13.4 Å². The molecule has 9 nitrogen and oxygen atoms in total. The van der Waals surface area contributed by atoms with Crippen molar-refractivity contribution in [3.05, 3.63) is 64.7 Å². The number of rotatable bonds is 9. The fraction of sp³-hybridized carbons (Fsp3) is 0.500. The molecule has 0 radical (unpaired) electrons. The summed E-state index contributed by atoms with van der Waals surface area (Å²) >= 11 is 1.34. The molecule has 3 aromatic rings. The highest BCUT2D eigenvalue weighted by Gasteiger charge is 2.54. The molecule has 0 unspecified atom stereocenters. The zero-order chi connectivity index (χ0) is 31.1. The van der Waals surface area contributed by atoms with Gasteiger partial charge in [0.05, 0.1) is 26.0 Å². The van der Waals surface area contributed by atoms with Gasteiger partial charge in [-0.1, -0.05) is 51.1 Å². The summed E-state index contributed by atoms with van der Waals surface area (Å²) in [7, 11) is 0.693. The molecule has 11 heteroatoms. The number of aromatic nitrogens is 1. The van der Waals surface area contributed by atoms with Crippen molar-refractivity contribution in [2.75, 3.05) is 26.0 Å². The average Bonchev–Trinajstić information content (AvgIpc) is 3.37. The number of hydrogen-bond acceptors (Lipinski definition) is 8. The number of aliphatic hydroxyl groups is 1. The second-order valence-corrected chi connectivity index (χ2v) is 15.0. The molecule has 1 saturated carbocycles. The van der Waals surface area contributed by atoms with Crippen molar-refractivity contribution in [1.29, 1.82) is 0 Å². The highest BCUT2D eigenvalue weighted by Crippen LogP contribution is 2.57. The SMILES string of the molecule is COc1ccc(OC)c(S(=O)(=O)Nc2nc3c(s2)C[C@@]2(C)CC[C@@H]([C@H](C)C(=O)N(C)Cc4ccccc4)[C@H](O)[C@H]2[C@@H]3C)c1. The smallest absolute Gasteiger partial charge is 0.267 e. The Morgan fingerprint density at radius 3 is 2.60 bits per heavy atom. The zero-order valence-corrected chi connectivity index (χ0v) is 27.2. The first kappa shape index (κ1) is 31.3. The molecule has 0 aliphatic heterocycles. The maximum Gasteiger partial charge on any atom is 0.267 e. The summed E-state index contributed by atoms with van der Waals surface area (Å²) in [5.74, 6) is -0.113. The maximum atomic E-state index is 13.5. The van der Waals surface area contributed by atoms with Gasteiger partial charge in [-0.3, -0.25) is 9.52 Å². The monoisotopic (exact) mass is 627 g/mol. The Morgan fingerprint density at radius 2 is 1.93 bits per heavy atom. The van der Waals surface area contributed by atoms with Gasteiger partial charge in [0.15, 0.2) is 5.13 Å². The van der Waals surface area contributed by atoms with Gasteiger partial charge in [0, 0.05) is 36.4 Å². The quantitative estimate of drug-likeness (QED) is 0.330. The maximum absolute atomic E-state index is 13.5. The molecule has 0 bridgehead atoms. The average molecular weight is 628 g/mol. The summed E-state index contributed by atoms with van der Waals surface area (Å²) < 4.78 is 40.0. The minimum absolute atomic E-state index is 0.0268. The van der Waals surface area contributed by atoms with Crippen molar-refractivity contribution in [3.63, 3.8) is 0 Å². The molecule has 0 spiro atoms. The van der Waals surface area contributed by atoms with Crippen LogP contribution in [0.4, 0.5) is 5.13 Å². The van der Waals surface area contributed by atoms with Crippen LogP contribution in [0.25, 0.3) is 0 Å². The summed E-state index contributed by atoms with van der Waals surface area (Å²) in [5, 5.41) is 12.1. The highest BCUT2D eigenvalue weighted by molar-refractivity contribution is 7.93. The number of amides is 1. The summed E-state index contributed by atoms with van der Waals surface area (Å²) in [6.45, 7) is 6.72. The Hall–Kier alpha value is -3.15. The number of sulfonamides is 1. The van der Waals surface area contributed by atoms with Crippen molar-refractivity contribution >= 4 is 32.4 Å². The number of hydrogen-bond donors (Lipinski definition) is 2. The Bertz CT molecular complexity index is 1580. The van der Waals surface area contributed by atoms with Crippen LogP contribution in [-0.4, -0.2) is 56.7 Å². The topological polar surface area (TPSA) is 118 Å². The van der Waals surface area contributed by atoms with Crippen LogP contribution in [0.1, 0.15) is 55.7 Å². The van der Waals surface area contributed by atoms with Gasteiger partial charge in [-0.2, -0.15) is 0 Å². The number of fused-ring (bicyclic) bond motifs is 2. The Balaban J connectivity index is 1.35. The molecule has 1 fully saturated rings. The van der Waals surface area contributed by atoms with Crippen molar-refractivity contribution in [2.45, 2.75) is 63.5 Å². The molecule has 6 atom stereocenters. The van der Waals surface area contributed by atoms with Gasteiger partial charge in [-0.15, -0.1) is 11.3 Å². The van der Waals surface area contributed by atoms with Crippen LogP contribution in [0.5, 0.6) is 11.5 Å². The van der Waals surface area contributed by atoms with E-state index in [1.807, 2.05) is 44.3 Å². The summed E-state index contributed by atoms with van der Waals surface area (Å²) in [4.78, 5) is 21.0. The predicted molar refractivity (Wildman–Crippen MR) is 167 cm³/mol. The number of nitrogens with zero attached hydrogens (tertiary/aromatic N) is 2. The van der Waals surface area contributed by atoms with Gasteiger partial charge in [0.1, 0.15) is 16.4 Å². The van der Waals surface area contributed by atoms with Gasteiger partial charge in [0.25, 0.3) is 10.0 Å². The molecule has 2 aliphatic rings. The lowest BCUT2D eigenvalue weighted by atomic mass is 9.53. The molecule has 0 saturated heterocycles. The van der Waals surface area contributed by atoms with E-state index in [1.165, 1.54) is 31.6 Å². The number of anilines is 1. The Kier molecular flexibility index (Phi) is 8.79. The van der Waals surface area contributed by atoms with E-state index in [9.17, 15) is 18.3 Å². The van der Waals surface area contributed by atoms with Crippen molar-refractivity contribution in [2.24, 2.45) is 23.2 Å². The van der Waals surface area contributed by atoms with Gasteiger partial charge >= 0.3 is 0 Å². The third-order valence-electron chi connectivity index (χ3n) is 9.47. The minimum atomic E-state index is -4.02. The summed E-state index contributed by atoms with van der Waals surface area (Å²) in [6.07, 6.45) is 1.62. The van der Waals surface area contributed by atoms with Crippen LogP contribution >= 0.6 is 11.3 Å². The van der Waals surface area contributed by atoms with E-state index in [4.69, 9.17) is 14.5 Å². The van der Waals surface area contributed by atoms with Crippen LogP contribution in [0.15, 0.2) is 53.4 Å². The Labute approximate surface area is 258 Å². The van der Waals surface area contributed by atoms with Crippen LogP contribution in [0, 0.1) is 23.2 Å². The van der Waals surface area contributed by atoms with Crippen molar-refractivity contribution in [3.8, 4) is 11.5 Å². The molecule has 2 aliphatic carbocycles. The molecular weight excluding hydrogens is 587 g/mol. The summed E-state index contributed by atoms with van der Waals surface area (Å²) in [6, 6.07) is 14.5. The fourth-order valence-electron chi connectivity index (χ4n) is 7.22. The molecule has 1 heterocycles. The van der Waals surface area contributed by atoms with Crippen LogP contribution in [0.2, 0.25) is 0 Å². The third kappa shape index (κ3) is 5.99. The van der Waals surface area contributed by atoms with Crippen LogP contribution in [0.3, 0.4) is 0 Å². The Morgan fingerprint density at radius 1 is 1.21 bits per heavy atom. The fourth-order valence-corrected chi connectivity index (χ4v) is 9.90. The lowest BCUT2D eigenvalue weighted by Gasteiger charge is -2.53. The van der Waals surface area contributed by atoms with E-state index in [0.29, 0.717) is 18.7 Å². The molecule has 1 amide bonds. The van der Waals surface area contributed by atoms with Crippen molar-refractivity contribution in [1.82, 2.24) is 9.88 Å². The second-order valence-electron chi connectivity index (χ2n) is 12.3. The first-order chi connectivity index (χ1) is 20.4. The highest BCUT2D eigenvalue weighted by atomic mass is 32.2. The molecule has 232 valence electrons. The second kappa shape index (κ2) is 12.1. The number of carbonyl (C=O) groups is 1. The lowest BCUT2D eigenvalue weighted by Crippen LogP contribution is -2.53. The third-order valence-corrected chi connectivity index (χ3v) is 12.0. The molecular formula is C32H41N3O6S2. The first-order valence-electron chi connectivity index (χ1n) is 14.6. The standard InChI is InChI=1S/C32H41N3O6S2/c1-19(30(37)35(4)18-21-10-8-7-9-11-21)23-14-15-32(3)17-25-28(20(2)27(32)29(23)36)33-31(42-25)34-43(38,39)26-16-22(40-5)12-13-24(26)41-6/h7-13,16,19-20,23,27,29,36H,14-15,17-18H2,1-6H3,(H,33,34)/t19-,20-,23-,27+,29-,32+/m0/s1. The number of methoxy groups -OCH3 is 2. The predicted octanol–water partition coefficient (Wildman–Crippen LogP) is 5.31. The van der Waals surface area contributed by atoms with E-state index in [-0.39, 0.29) is 50.8 Å². The van der Waals surface area contributed by atoms with Crippen molar-refractivity contribution < 1.29 is 27.8 Å². The van der Waals surface area contributed by atoms with Gasteiger partial charge in [0.2, 0.25) is 5.91 Å². The van der Waals surface area contributed by atoms with E-state index >= 15 is 0 Å². The lowest BCUT2D eigenvalue weighted by molar-refractivity contribution is -0.144. The van der Waals surface area contributed by atoms with E-state index in [2.05, 4.69) is 18.6 Å². The van der Waals surface area contributed by atoms with Gasteiger partial charge in [-0.05, 0) is 54.2 Å². The molecule has 5 rings (SSSR count). The van der Waals surface area contributed by atoms with Gasteiger partial charge < -0.3 is 19.5 Å². The first-order valence-corrected chi connectivity index (χ1v) is 16.9. The van der Waals surface area contributed by atoms with E-state index < -0.39 is 16.1 Å². The number of ether oxygens (including phenoxy) is 2. The minimum Gasteiger partial charge on any atom is -0.497 e. The number of benzene rings is 2. The zero-order valence-electron chi connectivity index (χ0n) is 25.5. The number of carbonyl (C=O) groups excluding carboxylic acids is 1. The molecule has 2 N–H and O–H groups in total. The van der Waals surface area contributed by atoms with Crippen LogP contribution < -0.4 is 14.2 Å². The molecule has 43 heavy (non-hydrogen) atoms. The van der Waals surface area contributed by atoms with E-state index in [1.54, 1.807) is 17.0 Å². The van der Waals surface area contributed by atoms with Crippen LogP contribution in [-0.2, 0) is 27.8 Å². The number of aliphatic hydroxyl groups excluding tert-OH is 1. The largest absolute Gasteiger partial charge is 0.497 e. The molecule has 2 aromatic carbocycles. The molecule has 1 aromatic heterocycles. The summed E-state index contributed by atoms with van der Waals surface area (Å²) in [5.41, 5.74) is 1.68. The van der Waals surface area contributed by atoms with E-state index in [0.717, 1.165) is 29.0 Å². The number of nitrogens with one attached hydrogen (secondary N) is 1.